The number of hydrogen-bond acceptors (Lipinski definition) is 3. The van der Waals surface area contributed by atoms with Crippen LogP contribution >= 0.6 is 0 Å². The molecule has 0 rings (SSSR count). The Bertz CT molecular complexity index is 217. The largest absolute Gasteiger partial charge is 0.304 e. The van der Waals surface area contributed by atoms with Crippen molar-refractivity contribution in [3.8, 4) is 0 Å². The Kier molecular flexibility index (Phi) is 9.29. The lowest BCUT2D eigenvalue weighted by molar-refractivity contribution is -0.116. The summed E-state index contributed by atoms with van der Waals surface area (Å²) in [5.41, 5.74) is -0.175. The molecule has 0 fully saturated rings. The summed E-state index contributed by atoms with van der Waals surface area (Å²) >= 11 is 0. The predicted molar refractivity (Wildman–Crippen MR) is 79.0 cm³/mol. The van der Waals surface area contributed by atoms with Crippen LogP contribution in [-0.2, 0) is 4.79 Å². The molecular weight excluding hydrogens is 224 g/mol. The number of carbonyl (C=O) groups is 1. The fourth-order valence-electron chi connectivity index (χ4n) is 2.15. The SMILES string of the molecule is CCN(CC)CCCN(CC)CC(C)(C=O)CC. The number of nitrogens with zero attached hydrogens (tertiary/aromatic N) is 2. The monoisotopic (exact) mass is 256 g/mol. The average Bonchev–Trinajstić information content (AvgIpc) is 2.42. The summed E-state index contributed by atoms with van der Waals surface area (Å²) in [5, 5.41) is 0. The van der Waals surface area contributed by atoms with E-state index in [-0.39, 0.29) is 5.41 Å². The van der Waals surface area contributed by atoms with Crippen molar-refractivity contribution in [2.75, 3.05) is 39.3 Å². The van der Waals surface area contributed by atoms with E-state index < -0.39 is 0 Å². The summed E-state index contributed by atoms with van der Waals surface area (Å²) in [6.45, 7) is 17.2. The third kappa shape index (κ3) is 6.50. The zero-order valence-corrected chi connectivity index (χ0v) is 13.0. The second-order valence-corrected chi connectivity index (χ2v) is 5.37. The summed E-state index contributed by atoms with van der Waals surface area (Å²) in [7, 11) is 0. The average molecular weight is 256 g/mol. The van der Waals surface area contributed by atoms with Gasteiger partial charge in [-0.25, -0.2) is 0 Å². The number of hydrogen-bond donors (Lipinski definition) is 0. The number of carbonyl (C=O) groups excluding carboxylic acids is 1. The summed E-state index contributed by atoms with van der Waals surface area (Å²) in [5.74, 6) is 0. The lowest BCUT2D eigenvalue weighted by atomic mass is 9.89. The summed E-state index contributed by atoms with van der Waals surface area (Å²) in [4.78, 5) is 16.0. The molecule has 0 radical (unpaired) electrons. The van der Waals surface area contributed by atoms with Crippen molar-refractivity contribution in [1.82, 2.24) is 9.80 Å². The molecule has 3 heteroatoms. The molecule has 0 aromatic carbocycles. The van der Waals surface area contributed by atoms with E-state index in [4.69, 9.17) is 0 Å². The molecule has 0 heterocycles. The van der Waals surface area contributed by atoms with Crippen molar-refractivity contribution in [2.45, 2.75) is 47.5 Å². The molecule has 0 aromatic rings. The molecule has 0 amide bonds. The van der Waals surface area contributed by atoms with Crippen LogP contribution in [0.2, 0.25) is 0 Å². The minimum absolute atomic E-state index is 0.175. The normalized spacial score (nSPS) is 15.1. The van der Waals surface area contributed by atoms with Gasteiger partial charge in [-0.05, 0) is 45.6 Å². The highest BCUT2D eigenvalue weighted by Gasteiger charge is 2.23. The van der Waals surface area contributed by atoms with E-state index in [0.29, 0.717) is 0 Å². The van der Waals surface area contributed by atoms with Crippen molar-refractivity contribution < 1.29 is 4.79 Å². The van der Waals surface area contributed by atoms with Crippen molar-refractivity contribution in [3.05, 3.63) is 0 Å². The number of rotatable bonds is 11. The third-order valence-electron chi connectivity index (χ3n) is 3.97. The fourth-order valence-corrected chi connectivity index (χ4v) is 2.15. The number of aldehydes is 1. The van der Waals surface area contributed by atoms with Gasteiger partial charge in [-0.1, -0.05) is 34.6 Å². The first-order valence-electron chi connectivity index (χ1n) is 7.46. The van der Waals surface area contributed by atoms with Crippen LogP contribution in [-0.4, -0.2) is 55.4 Å². The van der Waals surface area contributed by atoms with Crippen LogP contribution < -0.4 is 0 Å². The topological polar surface area (TPSA) is 23.6 Å². The van der Waals surface area contributed by atoms with Crippen LogP contribution in [0.1, 0.15) is 47.5 Å². The lowest BCUT2D eigenvalue weighted by Gasteiger charge is -2.30. The highest BCUT2D eigenvalue weighted by Crippen LogP contribution is 2.19. The van der Waals surface area contributed by atoms with Gasteiger partial charge < -0.3 is 14.6 Å². The second kappa shape index (κ2) is 9.51. The van der Waals surface area contributed by atoms with Gasteiger partial charge in [0.15, 0.2) is 0 Å². The maximum Gasteiger partial charge on any atom is 0.127 e. The molecule has 108 valence electrons. The minimum Gasteiger partial charge on any atom is -0.304 e. The van der Waals surface area contributed by atoms with E-state index >= 15 is 0 Å². The van der Waals surface area contributed by atoms with Crippen LogP contribution in [0.5, 0.6) is 0 Å². The molecule has 0 spiro atoms. The van der Waals surface area contributed by atoms with Gasteiger partial charge in [0.2, 0.25) is 0 Å². The maximum absolute atomic E-state index is 11.1. The molecule has 0 N–H and O–H groups in total. The molecule has 0 aliphatic heterocycles. The summed E-state index contributed by atoms with van der Waals surface area (Å²) < 4.78 is 0. The molecule has 1 atom stereocenters. The van der Waals surface area contributed by atoms with Crippen molar-refractivity contribution in [1.29, 1.82) is 0 Å². The Morgan fingerprint density at radius 2 is 1.44 bits per heavy atom. The van der Waals surface area contributed by atoms with Gasteiger partial charge in [-0.3, -0.25) is 0 Å². The highest BCUT2D eigenvalue weighted by atomic mass is 16.1. The van der Waals surface area contributed by atoms with Crippen LogP contribution in [0.3, 0.4) is 0 Å². The highest BCUT2D eigenvalue weighted by molar-refractivity contribution is 5.58. The smallest absolute Gasteiger partial charge is 0.127 e. The Balaban J connectivity index is 4.08. The van der Waals surface area contributed by atoms with Crippen LogP contribution in [0.25, 0.3) is 0 Å². The van der Waals surface area contributed by atoms with Gasteiger partial charge >= 0.3 is 0 Å². The molecule has 0 bridgehead atoms. The Morgan fingerprint density at radius 3 is 1.83 bits per heavy atom. The quantitative estimate of drug-likeness (QED) is 0.531. The Labute approximate surface area is 114 Å². The molecular formula is C15H32N2O. The first-order valence-corrected chi connectivity index (χ1v) is 7.46. The molecule has 1 unspecified atom stereocenters. The van der Waals surface area contributed by atoms with Crippen LogP contribution in [0.4, 0.5) is 0 Å². The Hall–Kier alpha value is -0.410. The van der Waals surface area contributed by atoms with Crippen LogP contribution in [0.15, 0.2) is 0 Å². The van der Waals surface area contributed by atoms with Crippen LogP contribution in [0, 0.1) is 5.41 Å². The standard InChI is InChI=1S/C15H32N2O/c1-6-15(5,14-18)13-17(9-4)12-10-11-16(7-2)8-3/h14H,6-13H2,1-5H3. The van der Waals surface area contributed by atoms with Crippen molar-refractivity contribution >= 4 is 6.29 Å². The minimum atomic E-state index is -0.175. The second-order valence-electron chi connectivity index (χ2n) is 5.37. The predicted octanol–water partition coefficient (Wildman–Crippen LogP) is 2.66. The van der Waals surface area contributed by atoms with Gasteiger partial charge in [-0.15, -0.1) is 0 Å². The van der Waals surface area contributed by atoms with Gasteiger partial charge in [0.25, 0.3) is 0 Å². The summed E-state index contributed by atoms with van der Waals surface area (Å²) in [6, 6.07) is 0. The first kappa shape index (κ1) is 17.6. The molecule has 0 saturated carbocycles. The van der Waals surface area contributed by atoms with Gasteiger partial charge in [-0.2, -0.15) is 0 Å². The van der Waals surface area contributed by atoms with E-state index in [1.807, 2.05) is 0 Å². The van der Waals surface area contributed by atoms with Gasteiger partial charge in [0.05, 0.1) is 0 Å². The van der Waals surface area contributed by atoms with E-state index in [1.165, 1.54) is 6.42 Å². The summed E-state index contributed by atoms with van der Waals surface area (Å²) in [6.07, 6.45) is 3.23. The zero-order valence-electron chi connectivity index (χ0n) is 13.0. The maximum atomic E-state index is 11.1. The van der Waals surface area contributed by atoms with E-state index in [2.05, 4.69) is 44.4 Å². The fraction of sp³-hybridized carbons (Fsp3) is 0.933. The van der Waals surface area contributed by atoms with E-state index in [0.717, 1.165) is 52.0 Å². The van der Waals surface area contributed by atoms with E-state index in [1.54, 1.807) is 0 Å². The molecule has 3 nitrogen and oxygen atoms in total. The zero-order chi connectivity index (χ0) is 14.0. The molecule has 0 saturated heterocycles. The molecule has 0 aromatic heterocycles. The van der Waals surface area contributed by atoms with Crippen molar-refractivity contribution in [2.24, 2.45) is 5.41 Å². The molecule has 0 aliphatic carbocycles. The third-order valence-corrected chi connectivity index (χ3v) is 3.97. The lowest BCUT2D eigenvalue weighted by Crippen LogP contribution is -2.38. The molecule has 18 heavy (non-hydrogen) atoms. The van der Waals surface area contributed by atoms with E-state index in [9.17, 15) is 4.79 Å². The Morgan fingerprint density at radius 1 is 0.944 bits per heavy atom. The van der Waals surface area contributed by atoms with Crippen molar-refractivity contribution in [3.63, 3.8) is 0 Å². The van der Waals surface area contributed by atoms with Gasteiger partial charge in [0.1, 0.15) is 6.29 Å². The first-order chi connectivity index (χ1) is 8.55. The molecule has 0 aliphatic rings. The van der Waals surface area contributed by atoms with Gasteiger partial charge in [0, 0.05) is 12.0 Å².